The molecule has 1 fully saturated rings. The van der Waals surface area contributed by atoms with E-state index in [1.165, 1.54) is 18.2 Å². The summed E-state index contributed by atoms with van der Waals surface area (Å²) in [6.07, 6.45) is -3.13. The van der Waals surface area contributed by atoms with Crippen LogP contribution < -0.4 is 4.90 Å². The summed E-state index contributed by atoms with van der Waals surface area (Å²) in [5.41, 5.74) is -1.23. The molecule has 0 radical (unpaired) electrons. The molecular weight excluding hydrogens is 416 g/mol. The van der Waals surface area contributed by atoms with E-state index in [0.717, 1.165) is 11.8 Å². The van der Waals surface area contributed by atoms with Crippen molar-refractivity contribution in [2.75, 3.05) is 32.1 Å². The average Bonchev–Trinajstić information content (AvgIpc) is 3.41. The molecule has 0 aliphatic carbocycles. The Bertz CT molecular complexity index is 1080. The quantitative estimate of drug-likeness (QED) is 0.569. The first kappa shape index (κ1) is 21.3. The van der Waals surface area contributed by atoms with Gasteiger partial charge in [0, 0.05) is 46.3 Å². The van der Waals surface area contributed by atoms with E-state index in [-0.39, 0.29) is 30.9 Å². The van der Waals surface area contributed by atoms with Crippen LogP contribution in [0.25, 0.3) is 11.4 Å². The van der Waals surface area contributed by atoms with E-state index < -0.39 is 23.3 Å². The van der Waals surface area contributed by atoms with Gasteiger partial charge in [0.05, 0.1) is 11.9 Å². The molecule has 7 nitrogen and oxygen atoms in total. The van der Waals surface area contributed by atoms with E-state index in [2.05, 4.69) is 15.1 Å². The molecule has 1 saturated heterocycles. The van der Waals surface area contributed by atoms with Gasteiger partial charge in [0.1, 0.15) is 5.82 Å². The summed E-state index contributed by atoms with van der Waals surface area (Å²) in [7, 11) is 5.53. The molecular formula is C20H22F4N6O. The SMILES string of the molecule is CN(C)c1ncc(CN2CCC(c3nc(-c4cccc(F)c4)no3)(C(F)(F)F)C2)n1C. The molecule has 0 saturated carbocycles. The minimum atomic E-state index is -4.59. The van der Waals surface area contributed by atoms with Crippen molar-refractivity contribution < 1.29 is 22.1 Å². The van der Waals surface area contributed by atoms with Crippen molar-refractivity contribution in [1.82, 2.24) is 24.6 Å². The molecule has 11 heteroatoms. The van der Waals surface area contributed by atoms with Gasteiger partial charge in [-0.05, 0) is 18.6 Å². The zero-order chi connectivity index (χ0) is 22.4. The Morgan fingerprint density at radius 2 is 2.03 bits per heavy atom. The zero-order valence-electron chi connectivity index (χ0n) is 17.3. The molecule has 1 aromatic carbocycles. The number of anilines is 1. The van der Waals surface area contributed by atoms with Crippen LogP contribution in [0.1, 0.15) is 18.0 Å². The van der Waals surface area contributed by atoms with Crippen LogP contribution in [0, 0.1) is 5.82 Å². The molecule has 31 heavy (non-hydrogen) atoms. The second-order valence-corrected chi connectivity index (χ2v) is 7.98. The number of hydrogen-bond acceptors (Lipinski definition) is 6. The average molecular weight is 438 g/mol. The van der Waals surface area contributed by atoms with Gasteiger partial charge in [-0.1, -0.05) is 17.3 Å². The monoisotopic (exact) mass is 438 g/mol. The standard InChI is InChI=1S/C20H22F4N6O/c1-28(2)18-25-10-15(29(18)3)11-30-8-7-19(12-30,20(22,23)24)17-26-16(27-31-17)13-5-4-6-14(21)9-13/h4-6,9-10H,7-8,11-12H2,1-3H3. The molecule has 1 aliphatic rings. The Hall–Kier alpha value is -2.95. The Morgan fingerprint density at radius 1 is 1.26 bits per heavy atom. The molecule has 1 atom stereocenters. The van der Waals surface area contributed by atoms with Crippen molar-refractivity contribution in [2.45, 2.75) is 24.6 Å². The molecule has 1 aliphatic heterocycles. The van der Waals surface area contributed by atoms with Gasteiger partial charge in [-0.15, -0.1) is 0 Å². The van der Waals surface area contributed by atoms with Crippen molar-refractivity contribution in [2.24, 2.45) is 7.05 Å². The lowest BCUT2D eigenvalue weighted by Gasteiger charge is -2.28. The number of halogens is 4. The van der Waals surface area contributed by atoms with Gasteiger partial charge in [-0.25, -0.2) is 9.37 Å². The van der Waals surface area contributed by atoms with Crippen molar-refractivity contribution in [3.8, 4) is 11.4 Å². The van der Waals surface area contributed by atoms with E-state index in [9.17, 15) is 17.6 Å². The maximum absolute atomic E-state index is 14.2. The van der Waals surface area contributed by atoms with Crippen molar-refractivity contribution in [3.05, 3.63) is 47.9 Å². The normalized spacial score (nSPS) is 19.8. The fourth-order valence-corrected chi connectivity index (χ4v) is 3.94. The third-order valence-electron chi connectivity index (χ3n) is 5.65. The summed E-state index contributed by atoms with van der Waals surface area (Å²) in [4.78, 5) is 11.9. The third-order valence-corrected chi connectivity index (χ3v) is 5.65. The van der Waals surface area contributed by atoms with E-state index >= 15 is 0 Å². The number of imidazole rings is 1. The molecule has 3 heterocycles. The predicted octanol–water partition coefficient (Wildman–Crippen LogP) is 3.38. The second-order valence-electron chi connectivity index (χ2n) is 7.98. The highest BCUT2D eigenvalue weighted by molar-refractivity contribution is 5.54. The van der Waals surface area contributed by atoms with Crippen molar-refractivity contribution >= 4 is 5.95 Å². The van der Waals surface area contributed by atoms with Crippen LogP contribution in [0.3, 0.4) is 0 Å². The molecule has 0 amide bonds. The molecule has 0 spiro atoms. The third kappa shape index (κ3) is 3.78. The van der Waals surface area contributed by atoms with E-state index in [4.69, 9.17) is 4.52 Å². The highest BCUT2D eigenvalue weighted by atomic mass is 19.4. The zero-order valence-corrected chi connectivity index (χ0v) is 17.3. The number of nitrogens with zero attached hydrogens (tertiary/aromatic N) is 6. The first-order valence-corrected chi connectivity index (χ1v) is 9.68. The predicted molar refractivity (Wildman–Crippen MR) is 105 cm³/mol. The highest BCUT2D eigenvalue weighted by Crippen LogP contribution is 2.47. The van der Waals surface area contributed by atoms with Crippen LogP contribution >= 0.6 is 0 Å². The lowest BCUT2D eigenvalue weighted by Crippen LogP contribution is -2.45. The van der Waals surface area contributed by atoms with Crippen LogP contribution in [0.4, 0.5) is 23.5 Å². The Kier molecular flexibility index (Phi) is 5.24. The topological polar surface area (TPSA) is 63.2 Å². The molecule has 0 N–H and O–H groups in total. The van der Waals surface area contributed by atoms with Crippen LogP contribution in [0.5, 0.6) is 0 Å². The number of aromatic nitrogens is 4. The van der Waals surface area contributed by atoms with Crippen LogP contribution in [-0.4, -0.2) is 58.0 Å². The number of likely N-dealkylation sites (tertiary alicyclic amines) is 1. The van der Waals surface area contributed by atoms with Gasteiger partial charge in [-0.3, -0.25) is 4.90 Å². The Labute approximate surface area is 176 Å². The van der Waals surface area contributed by atoms with Crippen molar-refractivity contribution in [1.29, 1.82) is 0 Å². The van der Waals surface area contributed by atoms with E-state index in [0.29, 0.717) is 12.5 Å². The Balaban J connectivity index is 1.61. The number of rotatable bonds is 5. The van der Waals surface area contributed by atoms with Gasteiger partial charge in [0.25, 0.3) is 0 Å². The molecule has 3 aromatic rings. The minimum Gasteiger partial charge on any atom is -0.348 e. The minimum absolute atomic E-state index is 0.0705. The van der Waals surface area contributed by atoms with Crippen LogP contribution in [-0.2, 0) is 19.0 Å². The molecule has 0 bridgehead atoms. The summed E-state index contributed by atoms with van der Waals surface area (Å²) in [6, 6.07) is 5.34. The number of hydrogen-bond donors (Lipinski definition) is 0. The van der Waals surface area contributed by atoms with E-state index in [1.54, 1.807) is 11.1 Å². The molecule has 1 unspecified atom stereocenters. The molecule has 4 rings (SSSR count). The molecule has 166 valence electrons. The maximum Gasteiger partial charge on any atom is 0.404 e. The van der Waals surface area contributed by atoms with E-state index in [1.807, 2.05) is 30.6 Å². The van der Waals surface area contributed by atoms with Gasteiger partial charge >= 0.3 is 6.18 Å². The van der Waals surface area contributed by atoms with Gasteiger partial charge in [0.2, 0.25) is 17.7 Å². The van der Waals surface area contributed by atoms with Crippen molar-refractivity contribution in [3.63, 3.8) is 0 Å². The number of alkyl halides is 3. The number of benzene rings is 1. The fraction of sp³-hybridized carbons (Fsp3) is 0.450. The smallest absolute Gasteiger partial charge is 0.348 e. The fourth-order valence-electron chi connectivity index (χ4n) is 3.94. The highest BCUT2D eigenvalue weighted by Gasteiger charge is 2.62. The largest absolute Gasteiger partial charge is 0.404 e. The maximum atomic E-state index is 14.2. The summed E-state index contributed by atoms with van der Waals surface area (Å²) in [6.45, 7) is 0.198. The second kappa shape index (κ2) is 7.63. The summed E-state index contributed by atoms with van der Waals surface area (Å²) in [5, 5.41) is 3.69. The van der Waals surface area contributed by atoms with Gasteiger partial charge in [0.15, 0.2) is 5.41 Å². The summed E-state index contributed by atoms with van der Waals surface area (Å²) in [5.74, 6) is -0.387. The summed E-state index contributed by atoms with van der Waals surface area (Å²) >= 11 is 0. The first-order chi connectivity index (χ1) is 14.6. The first-order valence-electron chi connectivity index (χ1n) is 9.68. The van der Waals surface area contributed by atoms with Crippen LogP contribution in [0.15, 0.2) is 35.0 Å². The Morgan fingerprint density at radius 3 is 2.68 bits per heavy atom. The van der Waals surface area contributed by atoms with Gasteiger partial charge < -0.3 is 14.0 Å². The van der Waals surface area contributed by atoms with Gasteiger partial charge in [-0.2, -0.15) is 18.2 Å². The molecule has 2 aromatic heterocycles. The lowest BCUT2D eigenvalue weighted by atomic mass is 9.86. The summed E-state index contributed by atoms with van der Waals surface area (Å²) < 4.78 is 63.1. The lowest BCUT2D eigenvalue weighted by molar-refractivity contribution is -0.193. The van der Waals surface area contributed by atoms with Crippen LogP contribution in [0.2, 0.25) is 0 Å².